The molecule has 0 bridgehead atoms. The number of piperazine rings is 1. The van der Waals surface area contributed by atoms with Gasteiger partial charge in [0.1, 0.15) is 10.8 Å². The first-order valence-corrected chi connectivity index (χ1v) is 17.4. The second-order valence-electron chi connectivity index (χ2n) is 11.8. The lowest BCUT2D eigenvalue weighted by Gasteiger charge is -2.36. The summed E-state index contributed by atoms with van der Waals surface area (Å²) in [5, 5.41) is 0.688. The van der Waals surface area contributed by atoms with E-state index in [0.29, 0.717) is 34.2 Å². The minimum absolute atomic E-state index is 0.0429. The molecule has 4 aromatic rings. The van der Waals surface area contributed by atoms with Crippen LogP contribution in [-0.4, -0.2) is 61.5 Å². The van der Waals surface area contributed by atoms with Crippen LogP contribution in [0.25, 0.3) is 10.6 Å². The minimum Gasteiger partial charge on any atom is -0.482 e. The van der Waals surface area contributed by atoms with E-state index in [4.69, 9.17) is 14.5 Å². The Hall–Kier alpha value is -3.87. The third-order valence-electron chi connectivity index (χ3n) is 8.17. The highest BCUT2D eigenvalue weighted by molar-refractivity contribution is 7.98. The molecule has 3 aromatic carbocycles. The van der Waals surface area contributed by atoms with Crippen molar-refractivity contribution < 1.29 is 32.2 Å². The van der Waals surface area contributed by atoms with Crippen molar-refractivity contribution in [2.45, 2.75) is 50.1 Å². The minimum atomic E-state index is -4.40. The third kappa shape index (κ3) is 8.97. The monoisotopic (exact) mass is 697 g/mol. The van der Waals surface area contributed by atoms with E-state index >= 15 is 0 Å². The number of ether oxygens (including phenoxy) is 2. The van der Waals surface area contributed by atoms with Gasteiger partial charge in [0.15, 0.2) is 12.4 Å². The average Bonchev–Trinajstić information content (AvgIpc) is 3.48. The van der Waals surface area contributed by atoms with Gasteiger partial charge in [0, 0.05) is 65.1 Å². The Morgan fingerprint density at radius 2 is 1.67 bits per heavy atom. The molecule has 0 aliphatic carbocycles. The maximum absolute atomic E-state index is 13.2. The molecule has 0 saturated carbocycles. The molecule has 0 unspecified atom stereocenters. The normalized spacial score (nSPS) is 14.0. The van der Waals surface area contributed by atoms with Gasteiger partial charge in [0.25, 0.3) is 0 Å². The molecule has 254 valence electrons. The van der Waals surface area contributed by atoms with Crippen LogP contribution in [0.15, 0.2) is 71.6 Å². The maximum Gasteiger partial charge on any atom is 0.416 e. The first kappa shape index (κ1) is 35.4. The Kier molecular flexibility index (Phi) is 11.5. The Morgan fingerprint density at radius 3 is 2.27 bits per heavy atom. The summed E-state index contributed by atoms with van der Waals surface area (Å²) in [4.78, 5) is 35.0. The zero-order chi connectivity index (χ0) is 34.4. The number of benzene rings is 3. The van der Waals surface area contributed by atoms with Gasteiger partial charge in [-0.2, -0.15) is 13.2 Å². The number of methoxy groups -OCH3 is 1. The molecule has 7 nitrogen and oxygen atoms in total. The molecule has 1 fully saturated rings. The van der Waals surface area contributed by atoms with Crippen LogP contribution in [0, 0.1) is 0 Å². The first-order chi connectivity index (χ1) is 22.9. The van der Waals surface area contributed by atoms with Crippen LogP contribution < -0.4 is 9.64 Å². The lowest BCUT2D eigenvalue weighted by Crippen LogP contribution is -2.46. The molecule has 12 heteroatoms. The smallest absolute Gasteiger partial charge is 0.416 e. The fraction of sp³-hybridized carbons (Fsp3) is 0.361. The molecule has 5 rings (SSSR count). The van der Waals surface area contributed by atoms with Crippen LogP contribution in [0.5, 0.6) is 5.75 Å². The predicted octanol–water partition coefficient (Wildman–Crippen LogP) is 8.32. The predicted molar refractivity (Wildman–Crippen MR) is 184 cm³/mol. The van der Waals surface area contributed by atoms with E-state index in [-0.39, 0.29) is 18.3 Å². The molecule has 1 aliphatic heterocycles. The molecule has 1 aliphatic rings. The van der Waals surface area contributed by atoms with Gasteiger partial charge in [0.05, 0.1) is 18.4 Å². The Bertz CT molecular complexity index is 1720. The summed E-state index contributed by atoms with van der Waals surface area (Å²) >= 11 is 3.17. The van der Waals surface area contributed by atoms with Crippen molar-refractivity contribution in [1.29, 1.82) is 0 Å². The molecular weight excluding hydrogens is 660 g/mol. The molecule has 1 saturated heterocycles. The number of carbonyl (C=O) groups excluding carboxylic acids is 2. The number of hydrogen-bond acceptors (Lipinski definition) is 9. The van der Waals surface area contributed by atoms with E-state index < -0.39 is 17.7 Å². The molecule has 48 heavy (non-hydrogen) atoms. The van der Waals surface area contributed by atoms with Gasteiger partial charge >= 0.3 is 12.1 Å². The summed E-state index contributed by atoms with van der Waals surface area (Å²) in [5.41, 5.74) is 3.64. The number of aromatic nitrogens is 1. The van der Waals surface area contributed by atoms with Crippen molar-refractivity contribution in [2.24, 2.45) is 0 Å². The number of anilines is 1. The van der Waals surface area contributed by atoms with Crippen molar-refractivity contribution >= 4 is 40.5 Å². The number of esters is 1. The highest BCUT2D eigenvalue weighted by Crippen LogP contribution is 2.38. The van der Waals surface area contributed by atoms with Gasteiger partial charge in [-0.25, -0.2) is 9.78 Å². The summed E-state index contributed by atoms with van der Waals surface area (Å²) < 4.78 is 50.1. The number of nitrogens with zero attached hydrogens (tertiary/aromatic N) is 3. The summed E-state index contributed by atoms with van der Waals surface area (Å²) in [6, 6.07) is 18.8. The Labute approximate surface area is 287 Å². The number of rotatable bonds is 12. The van der Waals surface area contributed by atoms with Gasteiger partial charge in [-0.1, -0.05) is 26.0 Å². The van der Waals surface area contributed by atoms with Crippen molar-refractivity contribution in [3.05, 3.63) is 94.0 Å². The first-order valence-electron chi connectivity index (χ1n) is 15.6. The number of alkyl halides is 3. The van der Waals surface area contributed by atoms with Crippen LogP contribution in [0.4, 0.5) is 18.9 Å². The number of thioether (sulfide) groups is 1. The van der Waals surface area contributed by atoms with Crippen LogP contribution in [0.2, 0.25) is 0 Å². The summed E-state index contributed by atoms with van der Waals surface area (Å²) in [6.07, 6.45) is -4.40. The van der Waals surface area contributed by atoms with Gasteiger partial charge in [-0.05, 0) is 73.0 Å². The molecule has 0 amide bonds. The van der Waals surface area contributed by atoms with Crippen LogP contribution >= 0.6 is 23.1 Å². The van der Waals surface area contributed by atoms with E-state index in [1.54, 1.807) is 18.7 Å². The summed E-state index contributed by atoms with van der Waals surface area (Å²) in [5.74, 6) is 1.03. The van der Waals surface area contributed by atoms with E-state index in [2.05, 4.69) is 29.7 Å². The molecular formula is C36H38F3N3O4S2. The number of ketones is 1. The van der Waals surface area contributed by atoms with Crippen molar-refractivity contribution in [3.63, 3.8) is 0 Å². The Balaban J connectivity index is 1.33. The van der Waals surface area contributed by atoms with E-state index in [0.717, 1.165) is 65.0 Å². The highest BCUT2D eigenvalue weighted by atomic mass is 32.2. The van der Waals surface area contributed by atoms with Crippen molar-refractivity contribution in [1.82, 2.24) is 9.88 Å². The van der Waals surface area contributed by atoms with E-state index in [9.17, 15) is 22.8 Å². The van der Waals surface area contributed by atoms with Gasteiger partial charge in [-0.15, -0.1) is 23.1 Å². The van der Waals surface area contributed by atoms with Gasteiger partial charge < -0.3 is 14.4 Å². The molecule has 0 N–H and O–H groups in total. The topological polar surface area (TPSA) is 72.0 Å². The zero-order valence-corrected chi connectivity index (χ0v) is 28.9. The van der Waals surface area contributed by atoms with Crippen LogP contribution in [-0.2, 0) is 28.0 Å². The molecule has 2 heterocycles. The molecule has 0 atom stereocenters. The Morgan fingerprint density at radius 1 is 0.979 bits per heavy atom. The van der Waals surface area contributed by atoms with Crippen LogP contribution in [0.1, 0.15) is 58.7 Å². The van der Waals surface area contributed by atoms with Crippen molar-refractivity contribution in [3.8, 4) is 16.3 Å². The molecule has 0 spiro atoms. The molecule has 0 radical (unpaired) electrons. The quantitative estimate of drug-likeness (QED) is 0.0832. The van der Waals surface area contributed by atoms with Gasteiger partial charge in [0.2, 0.25) is 0 Å². The second kappa shape index (κ2) is 15.6. The van der Waals surface area contributed by atoms with Gasteiger partial charge in [-0.3, -0.25) is 9.69 Å². The summed E-state index contributed by atoms with van der Waals surface area (Å²) in [6.45, 7) is 9.43. The maximum atomic E-state index is 13.2. The summed E-state index contributed by atoms with van der Waals surface area (Å²) in [7, 11) is 1.32. The fourth-order valence-electron chi connectivity index (χ4n) is 5.37. The number of Topliss-reactive ketones (excluding diaryl/α,β-unsaturated/α-hetero) is 1. The standard InChI is InChI=1S/C36H38F3N3O4S2/c1-23(2)30-19-29(13-14-32(30)46-21-34(44)45-4)47-22-33-31(40-35(48-33)26-5-9-27(10-6-26)36(37,38)39)20-41-15-17-42(18-16-41)28-11-7-25(8-12-28)24(3)43/h5-14,19,23H,15-18,20-22H2,1-4H3. The van der Waals surface area contributed by atoms with E-state index in [1.807, 2.05) is 36.4 Å². The number of thiazole rings is 1. The SMILES string of the molecule is COC(=O)COc1ccc(SCc2sc(-c3ccc(C(F)(F)F)cc3)nc2CN2CCN(c3ccc(C(C)=O)cc3)CC2)cc1C(C)C. The lowest BCUT2D eigenvalue weighted by molar-refractivity contribution is -0.143. The highest BCUT2D eigenvalue weighted by Gasteiger charge is 2.30. The third-order valence-corrected chi connectivity index (χ3v) is 10.5. The number of halogens is 3. The lowest BCUT2D eigenvalue weighted by atomic mass is 10.0. The largest absolute Gasteiger partial charge is 0.482 e. The number of hydrogen-bond donors (Lipinski definition) is 0. The van der Waals surface area contributed by atoms with Crippen molar-refractivity contribution in [2.75, 3.05) is 44.8 Å². The van der Waals surface area contributed by atoms with Crippen LogP contribution in [0.3, 0.4) is 0 Å². The number of carbonyl (C=O) groups is 2. The second-order valence-corrected chi connectivity index (χ2v) is 14.0. The zero-order valence-electron chi connectivity index (χ0n) is 27.3. The fourth-order valence-corrected chi connectivity index (χ4v) is 7.49. The molecule has 1 aromatic heterocycles. The average molecular weight is 698 g/mol. The van der Waals surface area contributed by atoms with E-state index in [1.165, 1.54) is 30.6 Å².